The third-order valence-corrected chi connectivity index (χ3v) is 9.18. The van der Waals surface area contributed by atoms with E-state index >= 15 is 0 Å². The van der Waals surface area contributed by atoms with Gasteiger partial charge in [-0.3, -0.25) is 9.59 Å². The fourth-order valence-electron chi connectivity index (χ4n) is 6.65. The molecule has 3 aliphatic rings. The Morgan fingerprint density at radius 3 is 2.46 bits per heavy atom. The number of amides is 1. The predicted octanol–water partition coefficient (Wildman–Crippen LogP) is 3.87. The lowest BCUT2D eigenvalue weighted by Crippen LogP contribution is -2.63. The highest BCUT2D eigenvalue weighted by molar-refractivity contribution is 5.97. The van der Waals surface area contributed by atoms with E-state index in [9.17, 15) is 9.59 Å². The van der Waals surface area contributed by atoms with Crippen LogP contribution in [0.4, 0.5) is 5.69 Å². The van der Waals surface area contributed by atoms with Gasteiger partial charge in [0.15, 0.2) is 0 Å². The molecule has 1 amide bonds. The number of hydrogen-bond acceptors (Lipinski definition) is 7. The van der Waals surface area contributed by atoms with E-state index in [0.29, 0.717) is 36.1 Å². The Kier molecular flexibility index (Phi) is 9.06. The van der Waals surface area contributed by atoms with Crippen LogP contribution < -0.4 is 20.5 Å². The minimum Gasteiger partial charge on any atom is -0.485 e. The summed E-state index contributed by atoms with van der Waals surface area (Å²) in [4.78, 5) is 33.7. The van der Waals surface area contributed by atoms with Crippen LogP contribution in [0, 0.1) is 20.8 Å². The Labute approximate surface area is 243 Å². The molecule has 3 heterocycles. The highest BCUT2D eigenvalue weighted by Crippen LogP contribution is 2.42. The second-order valence-electron chi connectivity index (χ2n) is 12.0. The maximum atomic E-state index is 14.1. The fraction of sp³-hybridized carbons (Fsp3) is 0.625. The number of hydrogen-bond donors (Lipinski definition) is 2. The Morgan fingerprint density at radius 2 is 1.85 bits per heavy atom. The van der Waals surface area contributed by atoms with Crippen LogP contribution in [0.2, 0.25) is 0 Å². The van der Waals surface area contributed by atoms with Crippen LogP contribution in [0.1, 0.15) is 71.8 Å². The van der Waals surface area contributed by atoms with Gasteiger partial charge in [-0.2, -0.15) is 0 Å². The topological polar surface area (TPSA) is 96.1 Å². The summed E-state index contributed by atoms with van der Waals surface area (Å²) in [7, 11) is 1.76. The van der Waals surface area contributed by atoms with Crippen LogP contribution >= 0.6 is 0 Å². The SMILES string of the molecule is CCN(c1cc(OC2(C3COCCN3)CCC2)cc(C(=O)N(C)Cc2c(C)cc(C)[nH]c2=O)c1C)C1CCOCC1. The molecule has 1 unspecified atom stereocenters. The van der Waals surface area contributed by atoms with E-state index in [-0.39, 0.29) is 29.7 Å². The Bertz CT molecular complexity index is 1290. The molecule has 224 valence electrons. The summed E-state index contributed by atoms with van der Waals surface area (Å²) in [6.07, 6.45) is 4.91. The summed E-state index contributed by atoms with van der Waals surface area (Å²) in [6.45, 7) is 12.7. The number of carbonyl (C=O) groups is 1. The molecular formula is C32H46N4O5. The third kappa shape index (κ3) is 6.17. The third-order valence-electron chi connectivity index (χ3n) is 9.18. The van der Waals surface area contributed by atoms with Crippen molar-refractivity contribution in [2.75, 3.05) is 51.5 Å². The van der Waals surface area contributed by atoms with E-state index in [1.807, 2.05) is 32.9 Å². The summed E-state index contributed by atoms with van der Waals surface area (Å²) in [5.74, 6) is 0.586. The predicted molar refractivity (Wildman–Crippen MR) is 160 cm³/mol. The molecule has 2 aliphatic heterocycles. The number of carbonyl (C=O) groups excluding carboxylic acids is 1. The summed E-state index contributed by atoms with van der Waals surface area (Å²) >= 11 is 0. The van der Waals surface area contributed by atoms with E-state index in [2.05, 4.69) is 28.2 Å². The maximum absolute atomic E-state index is 14.1. The number of aromatic nitrogens is 1. The van der Waals surface area contributed by atoms with Gasteiger partial charge in [-0.25, -0.2) is 0 Å². The average molecular weight is 567 g/mol. The van der Waals surface area contributed by atoms with Gasteiger partial charge in [-0.1, -0.05) is 0 Å². The quantitative estimate of drug-likeness (QED) is 0.476. The molecule has 1 aromatic carbocycles. The van der Waals surface area contributed by atoms with Gasteiger partial charge >= 0.3 is 0 Å². The summed E-state index contributed by atoms with van der Waals surface area (Å²) in [5, 5.41) is 3.61. The minimum absolute atomic E-state index is 0.116. The molecule has 0 spiro atoms. The van der Waals surface area contributed by atoms with Crippen LogP contribution in [0.15, 0.2) is 23.0 Å². The molecule has 5 rings (SSSR count). The molecule has 9 heteroatoms. The maximum Gasteiger partial charge on any atom is 0.254 e. The molecule has 2 saturated heterocycles. The molecule has 9 nitrogen and oxygen atoms in total. The van der Waals surface area contributed by atoms with Crippen molar-refractivity contribution < 1.29 is 19.0 Å². The number of anilines is 1. The highest BCUT2D eigenvalue weighted by atomic mass is 16.5. The van der Waals surface area contributed by atoms with Crippen molar-refractivity contribution in [3.05, 3.63) is 56.5 Å². The number of nitrogens with one attached hydrogen (secondary N) is 2. The minimum atomic E-state index is -0.346. The summed E-state index contributed by atoms with van der Waals surface area (Å²) < 4.78 is 18.3. The monoisotopic (exact) mass is 566 g/mol. The van der Waals surface area contributed by atoms with E-state index in [0.717, 1.165) is 80.9 Å². The zero-order chi connectivity index (χ0) is 29.1. The Hall–Kier alpha value is -2.88. The number of nitrogens with zero attached hydrogens (tertiary/aromatic N) is 2. The second kappa shape index (κ2) is 12.5. The molecule has 1 saturated carbocycles. The Balaban J connectivity index is 1.51. The number of ether oxygens (including phenoxy) is 3. The van der Waals surface area contributed by atoms with Gasteiger partial charge in [-0.05, 0) is 83.1 Å². The summed E-state index contributed by atoms with van der Waals surface area (Å²) in [5.41, 5.74) is 4.36. The fourth-order valence-corrected chi connectivity index (χ4v) is 6.65. The van der Waals surface area contributed by atoms with Crippen LogP contribution in [0.25, 0.3) is 0 Å². The van der Waals surface area contributed by atoms with Crippen molar-refractivity contribution in [1.29, 1.82) is 0 Å². The van der Waals surface area contributed by atoms with Crippen molar-refractivity contribution in [1.82, 2.24) is 15.2 Å². The number of benzene rings is 1. The van der Waals surface area contributed by atoms with Gasteiger partial charge < -0.3 is 34.3 Å². The smallest absolute Gasteiger partial charge is 0.254 e. The first-order chi connectivity index (χ1) is 19.7. The number of morpholine rings is 1. The number of aromatic amines is 1. The van der Waals surface area contributed by atoms with Gasteiger partial charge in [0.25, 0.3) is 11.5 Å². The molecule has 0 radical (unpaired) electrons. The lowest BCUT2D eigenvalue weighted by Gasteiger charge is -2.49. The molecule has 1 atom stereocenters. The first kappa shape index (κ1) is 29.6. The first-order valence-corrected chi connectivity index (χ1v) is 15.2. The zero-order valence-corrected chi connectivity index (χ0v) is 25.3. The Morgan fingerprint density at radius 1 is 1.10 bits per heavy atom. The molecule has 3 fully saturated rings. The van der Waals surface area contributed by atoms with Crippen molar-refractivity contribution in [2.45, 2.75) is 84.0 Å². The van der Waals surface area contributed by atoms with E-state index in [4.69, 9.17) is 14.2 Å². The van der Waals surface area contributed by atoms with E-state index in [1.54, 1.807) is 11.9 Å². The van der Waals surface area contributed by atoms with Gasteiger partial charge in [0.1, 0.15) is 11.4 Å². The molecule has 2 aromatic rings. The lowest BCUT2D eigenvalue weighted by molar-refractivity contribution is -0.0799. The molecule has 41 heavy (non-hydrogen) atoms. The van der Waals surface area contributed by atoms with Crippen LogP contribution in [0.3, 0.4) is 0 Å². The molecular weight excluding hydrogens is 520 g/mol. The van der Waals surface area contributed by atoms with Crippen molar-refractivity contribution in [3.8, 4) is 5.75 Å². The van der Waals surface area contributed by atoms with E-state index < -0.39 is 0 Å². The average Bonchev–Trinajstić information content (AvgIpc) is 2.95. The van der Waals surface area contributed by atoms with Crippen molar-refractivity contribution in [3.63, 3.8) is 0 Å². The standard InChI is InChI=1S/C32H46N4O5/c1-6-36(24-8-13-39-14-9-24)28-18-25(41-32(10-7-11-32)29-20-40-15-12-33-29)17-26(23(28)4)31(38)35(5)19-27-21(2)16-22(3)34-30(27)37/h16-18,24,29,33H,6-15,19-20H2,1-5H3,(H,34,37). The van der Waals surface area contributed by atoms with Crippen molar-refractivity contribution >= 4 is 11.6 Å². The molecule has 2 N–H and O–H groups in total. The largest absolute Gasteiger partial charge is 0.485 e. The van der Waals surface area contributed by atoms with Gasteiger partial charge in [-0.15, -0.1) is 0 Å². The number of rotatable bonds is 9. The van der Waals surface area contributed by atoms with Crippen LogP contribution in [0.5, 0.6) is 5.75 Å². The molecule has 1 aliphatic carbocycles. The molecule has 0 bridgehead atoms. The number of aryl methyl sites for hydroxylation is 2. The van der Waals surface area contributed by atoms with Crippen LogP contribution in [-0.2, 0) is 16.0 Å². The number of pyridine rings is 1. The van der Waals surface area contributed by atoms with Crippen molar-refractivity contribution in [2.24, 2.45) is 0 Å². The normalized spacial score (nSPS) is 20.8. The van der Waals surface area contributed by atoms with Crippen LogP contribution in [-0.4, -0.2) is 80.0 Å². The second-order valence-corrected chi connectivity index (χ2v) is 12.0. The first-order valence-electron chi connectivity index (χ1n) is 15.2. The lowest BCUT2D eigenvalue weighted by atomic mass is 9.74. The van der Waals surface area contributed by atoms with Gasteiger partial charge in [0, 0.05) is 68.0 Å². The highest BCUT2D eigenvalue weighted by Gasteiger charge is 2.47. The van der Waals surface area contributed by atoms with Gasteiger partial charge in [0.05, 0.1) is 25.8 Å². The van der Waals surface area contributed by atoms with Gasteiger partial charge in [0.2, 0.25) is 0 Å². The zero-order valence-electron chi connectivity index (χ0n) is 25.3. The summed E-state index contributed by atoms with van der Waals surface area (Å²) in [6, 6.07) is 6.43. The molecule has 1 aromatic heterocycles. The van der Waals surface area contributed by atoms with E-state index in [1.165, 1.54) is 0 Å². The number of H-pyrrole nitrogens is 1.